The van der Waals surface area contributed by atoms with Crippen LogP contribution in [-0.2, 0) is 41.5 Å². The second-order valence-electron chi connectivity index (χ2n) is 15.4. The molecule has 0 bridgehead atoms. The van der Waals surface area contributed by atoms with Gasteiger partial charge in [0.25, 0.3) is 0 Å². The third kappa shape index (κ3) is 11.3. The van der Waals surface area contributed by atoms with Crippen LogP contribution >= 0.6 is 0 Å². The summed E-state index contributed by atoms with van der Waals surface area (Å²) in [5.74, 6) is 0.522. The Labute approximate surface area is 303 Å². The Morgan fingerprint density at radius 1 is 0.800 bits per heavy atom. The average molecular weight is 721 g/mol. The zero-order valence-electron chi connectivity index (χ0n) is 30.0. The van der Waals surface area contributed by atoms with E-state index in [0.717, 1.165) is 12.8 Å². The van der Waals surface area contributed by atoms with Gasteiger partial charge in [0.05, 0.1) is 0 Å². The Bertz CT molecular complexity index is 1440. The van der Waals surface area contributed by atoms with E-state index >= 15 is 0 Å². The largest absolute Gasteiger partial charge is 1.00 e. The van der Waals surface area contributed by atoms with Gasteiger partial charge in [0, 0.05) is 0 Å². The van der Waals surface area contributed by atoms with E-state index in [1.807, 2.05) is 0 Å². The molecule has 3 aromatic rings. The first kappa shape index (κ1) is 41.5. The van der Waals surface area contributed by atoms with Crippen LogP contribution in [0.3, 0.4) is 0 Å². The standard InChI is InChI=1S/C21H25.C12H19.C9H10.2ClH.Zr/c1-20(2,3)16-9-7-14-11-15-8-10-17(21(4,5)6)13-19(15)18(14)12-16;1-6-10-7-9(2)8-11(10)12(3,4)5;1-3-9-6-4-8(2)5-7-9;;;/h7,9-10,12-13H,11H2,1-6H3;8-9H,6H2,1-5H3;4-7H,1-2H3;2*1H;/q2*-1;;;;+2/p-2. The Morgan fingerprint density at radius 3 is 1.82 bits per heavy atom. The van der Waals surface area contributed by atoms with Crippen molar-refractivity contribution in [2.75, 3.05) is 0 Å². The molecule has 3 aromatic carbocycles. The van der Waals surface area contributed by atoms with Gasteiger partial charge in [-0.15, -0.1) is 5.56 Å². The fourth-order valence-corrected chi connectivity index (χ4v) is 5.94. The van der Waals surface area contributed by atoms with Gasteiger partial charge in [0.15, 0.2) is 0 Å². The van der Waals surface area contributed by atoms with Crippen molar-refractivity contribution in [3.05, 3.63) is 117 Å². The molecule has 0 saturated heterocycles. The van der Waals surface area contributed by atoms with Crippen LogP contribution < -0.4 is 24.8 Å². The average Bonchev–Trinajstić information content (AvgIpc) is 3.48. The van der Waals surface area contributed by atoms with E-state index in [1.165, 1.54) is 83.1 Å². The van der Waals surface area contributed by atoms with Crippen LogP contribution in [0.25, 0.3) is 11.1 Å². The minimum absolute atomic E-state index is 0. The molecular formula is C42H54Cl2Zr-2. The summed E-state index contributed by atoms with van der Waals surface area (Å²) in [6.07, 6.45) is 7.98. The van der Waals surface area contributed by atoms with E-state index in [-0.39, 0.29) is 35.6 Å². The Morgan fingerprint density at radius 2 is 1.36 bits per heavy atom. The number of halogens is 2. The molecule has 0 fully saturated rings. The van der Waals surface area contributed by atoms with Crippen LogP contribution in [0.5, 0.6) is 0 Å². The van der Waals surface area contributed by atoms with E-state index in [1.54, 1.807) is 0 Å². The van der Waals surface area contributed by atoms with Gasteiger partial charge >= 0.3 is 76.7 Å². The third-order valence-electron chi connectivity index (χ3n) is 8.32. The molecular weight excluding hydrogens is 667 g/mol. The summed E-state index contributed by atoms with van der Waals surface area (Å²) in [6.45, 7) is 29.2. The number of hydrogen-bond donors (Lipinski definition) is 0. The fourth-order valence-electron chi connectivity index (χ4n) is 5.53. The number of allylic oxidation sites excluding steroid dienone is 4. The molecule has 0 saturated carbocycles. The summed E-state index contributed by atoms with van der Waals surface area (Å²) in [5.41, 5.74) is 14.7. The molecule has 0 radical (unpaired) electrons. The topological polar surface area (TPSA) is 0 Å². The van der Waals surface area contributed by atoms with Crippen LogP contribution in [-0.4, -0.2) is 3.21 Å². The summed E-state index contributed by atoms with van der Waals surface area (Å²) in [4.78, 5) is 0. The summed E-state index contributed by atoms with van der Waals surface area (Å²) < 4.78 is 1.46. The number of rotatable bonds is 2. The van der Waals surface area contributed by atoms with Gasteiger partial charge < -0.3 is 24.8 Å². The zero-order valence-corrected chi connectivity index (χ0v) is 34.0. The van der Waals surface area contributed by atoms with Gasteiger partial charge in [0.2, 0.25) is 0 Å². The SMILES string of the molecule is CC(C)(C)c1c[c-]c2c(c1)-c1cc(C(C)(C)C)ccc1C2.CCC1=[C-]C(C)C=C1C(C)(C)C.C[C](=[Zr+2])c1ccc(C)cc1.[Cl-].[Cl-]. The van der Waals surface area contributed by atoms with Crippen molar-refractivity contribution in [2.24, 2.45) is 11.3 Å². The van der Waals surface area contributed by atoms with Crippen LogP contribution in [0.1, 0.15) is 123 Å². The molecule has 0 N–H and O–H groups in total. The van der Waals surface area contributed by atoms with Gasteiger partial charge in [0.1, 0.15) is 0 Å². The molecule has 2 aliphatic rings. The number of fused-ring (bicyclic) bond motifs is 3. The fraction of sp³-hybridized carbons (Fsp3) is 0.452. The summed E-state index contributed by atoms with van der Waals surface area (Å²) in [7, 11) is 0. The van der Waals surface area contributed by atoms with Gasteiger partial charge in [-0.05, 0) is 17.4 Å². The van der Waals surface area contributed by atoms with Gasteiger partial charge in [-0.25, -0.2) is 5.57 Å². The number of aryl methyl sites for hydroxylation is 1. The predicted octanol–water partition coefficient (Wildman–Crippen LogP) is 5.49. The maximum absolute atomic E-state index is 3.53. The summed E-state index contributed by atoms with van der Waals surface area (Å²) >= 11 is 1.51. The molecule has 0 amide bonds. The molecule has 1 atom stereocenters. The first-order chi connectivity index (χ1) is 19.8. The molecule has 242 valence electrons. The van der Waals surface area contributed by atoms with Crippen molar-refractivity contribution < 1.29 is 49.0 Å². The van der Waals surface area contributed by atoms with Crippen molar-refractivity contribution in [3.8, 4) is 11.1 Å². The van der Waals surface area contributed by atoms with E-state index in [4.69, 9.17) is 0 Å². The van der Waals surface area contributed by atoms with Gasteiger partial charge in [-0.2, -0.15) is 41.0 Å². The molecule has 0 spiro atoms. The van der Waals surface area contributed by atoms with Crippen molar-refractivity contribution >= 4 is 3.21 Å². The Balaban J connectivity index is 0.000000362. The summed E-state index contributed by atoms with van der Waals surface area (Å²) in [6, 6.07) is 23.7. The second kappa shape index (κ2) is 16.5. The monoisotopic (exact) mass is 718 g/mol. The van der Waals surface area contributed by atoms with Crippen molar-refractivity contribution in [3.63, 3.8) is 0 Å². The minimum atomic E-state index is 0. The summed E-state index contributed by atoms with van der Waals surface area (Å²) in [5, 5.41) is 0. The van der Waals surface area contributed by atoms with E-state index < -0.39 is 0 Å². The van der Waals surface area contributed by atoms with E-state index in [2.05, 4.69) is 163 Å². The van der Waals surface area contributed by atoms with Gasteiger partial charge in [-0.1, -0.05) is 129 Å². The molecule has 45 heavy (non-hydrogen) atoms. The van der Waals surface area contributed by atoms with Crippen LogP contribution in [0, 0.1) is 30.4 Å². The molecule has 0 aliphatic heterocycles. The molecule has 2 aliphatic carbocycles. The molecule has 1 unspecified atom stereocenters. The van der Waals surface area contributed by atoms with Crippen molar-refractivity contribution in [2.45, 2.75) is 114 Å². The van der Waals surface area contributed by atoms with Crippen LogP contribution in [0.4, 0.5) is 0 Å². The smallest absolute Gasteiger partial charge is 1.00 e. The molecule has 3 heteroatoms. The van der Waals surface area contributed by atoms with Crippen molar-refractivity contribution in [1.82, 2.24) is 0 Å². The molecule has 0 heterocycles. The third-order valence-corrected chi connectivity index (χ3v) is 9.03. The second-order valence-corrected chi connectivity index (χ2v) is 17.3. The van der Waals surface area contributed by atoms with Crippen LogP contribution in [0.2, 0.25) is 0 Å². The first-order valence-electron chi connectivity index (χ1n) is 16.0. The maximum Gasteiger partial charge on any atom is -1.00 e. The number of hydrogen-bond acceptors (Lipinski definition) is 0. The van der Waals surface area contributed by atoms with E-state index in [9.17, 15) is 0 Å². The van der Waals surface area contributed by atoms with Gasteiger partial charge in [-0.3, -0.25) is 6.08 Å². The maximum atomic E-state index is 3.53. The molecule has 5 rings (SSSR count). The molecule has 0 nitrogen and oxygen atoms in total. The number of benzene rings is 3. The zero-order chi connectivity index (χ0) is 32.3. The molecule has 0 aromatic heterocycles. The van der Waals surface area contributed by atoms with E-state index in [0.29, 0.717) is 11.3 Å². The van der Waals surface area contributed by atoms with Crippen LogP contribution in [0.15, 0.2) is 71.8 Å². The quantitative estimate of drug-likeness (QED) is 0.241. The Hall–Kier alpha value is -1.53. The first-order valence-corrected chi connectivity index (χ1v) is 17.2. The Kier molecular flexibility index (Phi) is 15.2. The predicted molar refractivity (Wildman–Crippen MR) is 186 cm³/mol. The normalized spacial score (nSPS) is 15.0. The van der Waals surface area contributed by atoms with Crippen molar-refractivity contribution in [1.29, 1.82) is 0 Å². The minimum Gasteiger partial charge on any atom is -1.00 e.